The van der Waals surface area contributed by atoms with Crippen LogP contribution in [0, 0.1) is 0 Å². The van der Waals surface area contributed by atoms with E-state index in [1.807, 2.05) is 18.2 Å². The molecule has 1 N–H and O–H groups in total. The van der Waals surface area contributed by atoms with Crippen molar-refractivity contribution >= 4 is 0 Å². The van der Waals surface area contributed by atoms with Crippen LogP contribution in [0.5, 0.6) is 5.75 Å². The Morgan fingerprint density at radius 3 is 2.05 bits per heavy atom. The third-order valence-electron chi connectivity index (χ3n) is 3.17. The monoisotopic (exact) mass is 256 g/mol. The average molecular weight is 256 g/mol. The van der Waals surface area contributed by atoms with Crippen LogP contribution in [0.4, 0.5) is 0 Å². The topological polar surface area (TPSA) is 29.5 Å². The van der Waals surface area contributed by atoms with Gasteiger partial charge in [0.25, 0.3) is 0 Å². The van der Waals surface area contributed by atoms with E-state index >= 15 is 0 Å². The molecule has 0 radical (unpaired) electrons. The molecule has 0 aromatic heterocycles. The predicted octanol–water partition coefficient (Wildman–Crippen LogP) is 3.60. The van der Waals surface area contributed by atoms with Crippen molar-refractivity contribution in [2.24, 2.45) is 0 Å². The fourth-order valence-electron chi connectivity index (χ4n) is 2.00. The van der Waals surface area contributed by atoms with Crippen molar-refractivity contribution in [3.05, 3.63) is 65.7 Å². The highest BCUT2D eigenvalue weighted by molar-refractivity contribution is 5.35. The van der Waals surface area contributed by atoms with E-state index in [0.717, 1.165) is 5.75 Å². The maximum Gasteiger partial charge on any atom is 0.119 e. The summed E-state index contributed by atoms with van der Waals surface area (Å²) in [5.74, 6) is 1.16. The van der Waals surface area contributed by atoms with Crippen molar-refractivity contribution in [3.8, 4) is 5.75 Å². The summed E-state index contributed by atoms with van der Waals surface area (Å²) in [5, 5.41) is 9.18. The molecule has 0 aliphatic carbocycles. The van der Waals surface area contributed by atoms with Gasteiger partial charge in [-0.1, -0.05) is 49.4 Å². The number of rotatable bonds is 5. The van der Waals surface area contributed by atoms with Gasteiger partial charge in [-0.15, -0.1) is 0 Å². The van der Waals surface area contributed by atoms with E-state index in [4.69, 9.17) is 4.74 Å². The highest BCUT2D eigenvalue weighted by Crippen LogP contribution is 2.25. The highest BCUT2D eigenvalue weighted by Gasteiger charge is 2.08. The minimum absolute atomic E-state index is 0.327. The molecule has 2 heteroatoms. The Morgan fingerprint density at radius 1 is 0.895 bits per heavy atom. The first-order valence-corrected chi connectivity index (χ1v) is 6.62. The summed E-state index contributed by atoms with van der Waals surface area (Å²) in [6.07, 6.45) is -0.442. The molecule has 2 atom stereocenters. The molecule has 0 aliphatic heterocycles. The number of aliphatic hydroxyl groups excluding tert-OH is 1. The Labute approximate surface area is 114 Å². The minimum atomic E-state index is -0.442. The number of benzene rings is 2. The van der Waals surface area contributed by atoms with Crippen LogP contribution >= 0.6 is 0 Å². The van der Waals surface area contributed by atoms with Crippen LogP contribution in [0.3, 0.4) is 0 Å². The quantitative estimate of drug-likeness (QED) is 0.885. The largest absolute Gasteiger partial charge is 0.491 e. The molecule has 0 amide bonds. The molecule has 0 aliphatic rings. The Hall–Kier alpha value is -1.80. The summed E-state index contributed by atoms with van der Waals surface area (Å²) in [5.41, 5.74) is 2.57. The first kappa shape index (κ1) is 13.6. The molecule has 2 aromatic carbocycles. The summed E-state index contributed by atoms with van der Waals surface area (Å²) >= 11 is 0. The summed E-state index contributed by atoms with van der Waals surface area (Å²) < 4.78 is 5.46. The average Bonchev–Trinajstić information content (AvgIpc) is 2.46. The predicted molar refractivity (Wildman–Crippen MR) is 77.6 cm³/mol. The van der Waals surface area contributed by atoms with Gasteiger partial charge in [0.1, 0.15) is 12.4 Å². The van der Waals surface area contributed by atoms with E-state index < -0.39 is 6.10 Å². The SMILES string of the molecule is CC(O)COc1ccc(C(C)c2ccccc2)cc1. The lowest BCUT2D eigenvalue weighted by Crippen LogP contribution is -2.12. The molecule has 0 saturated heterocycles. The molecule has 2 nitrogen and oxygen atoms in total. The Balaban J connectivity index is 2.06. The Bertz CT molecular complexity index is 488. The van der Waals surface area contributed by atoms with Crippen molar-refractivity contribution in [3.63, 3.8) is 0 Å². The van der Waals surface area contributed by atoms with Crippen LogP contribution in [-0.4, -0.2) is 17.8 Å². The number of hydrogen-bond acceptors (Lipinski definition) is 2. The van der Waals surface area contributed by atoms with Gasteiger partial charge in [-0.3, -0.25) is 0 Å². The van der Waals surface area contributed by atoms with Crippen molar-refractivity contribution in [1.29, 1.82) is 0 Å². The number of ether oxygens (including phenoxy) is 1. The van der Waals surface area contributed by atoms with E-state index in [2.05, 4.69) is 43.3 Å². The zero-order valence-corrected chi connectivity index (χ0v) is 11.4. The summed E-state index contributed by atoms with van der Waals surface area (Å²) in [4.78, 5) is 0. The highest BCUT2D eigenvalue weighted by atomic mass is 16.5. The molecular weight excluding hydrogens is 236 g/mol. The fraction of sp³-hybridized carbons (Fsp3) is 0.294. The molecule has 0 spiro atoms. The smallest absolute Gasteiger partial charge is 0.119 e. The Morgan fingerprint density at radius 2 is 1.47 bits per heavy atom. The summed E-state index contributed by atoms with van der Waals surface area (Å²) in [6.45, 7) is 4.24. The van der Waals surface area contributed by atoms with Gasteiger partial charge in [-0.2, -0.15) is 0 Å². The lowest BCUT2D eigenvalue weighted by molar-refractivity contribution is 0.122. The van der Waals surface area contributed by atoms with E-state index in [1.54, 1.807) is 6.92 Å². The normalized spacial score (nSPS) is 13.8. The van der Waals surface area contributed by atoms with Crippen LogP contribution in [-0.2, 0) is 0 Å². The first-order valence-electron chi connectivity index (χ1n) is 6.62. The summed E-state index contributed by atoms with van der Waals surface area (Å²) in [7, 11) is 0. The number of aliphatic hydroxyl groups is 1. The number of hydrogen-bond donors (Lipinski definition) is 1. The zero-order valence-electron chi connectivity index (χ0n) is 11.4. The molecule has 0 bridgehead atoms. The van der Waals surface area contributed by atoms with Gasteiger partial charge < -0.3 is 9.84 Å². The molecule has 2 unspecified atom stereocenters. The van der Waals surface area contributed by atoms with Gasteiger partial charge in [0.2, 0.25) is 0 Å². The minimum Gasteiger partial charge on any atom is -0.491 e. The van der Waals surface area contributed by atoms with Crippen LogP contribution in [0.15, 0.2) is 54.6 Å². The third-order valence-corrected chi connectivity index (χ3v) is 3.17. The van der Waals surface area contributed by atoms with E-state index in [0.29, 0.717) is 12.5 Å². The second kappa shape index (κ2) is 6.39. The first-order chi connectivity index (χ1) is 9.16. The van der Waals surface area contributed by atoms with Crippen LogP contribution in [0.25, 0.3) is 0 Å². The molecule has 100 valence electrons. The molecule has 19 heavy (non-hydrogen) atoms. The zero-order chi connectivity index (χ0) is 13.7. The fourth-order valence-corrected chi connectivity index (χ4v) is 2.00. The molecule has 0 heterocycles. The van der Waals surface area contributed by atoms with Crippen molar-refractivity contribution in [2.45, 2.75) is 25.9 Å². The second-order valence-corrected chi connectivity index (χ2v) is 4.86. The van der Waals surface area contributed by atoms with Gasteiger partial charge >= 0.3 is 0 Å². The molecule has 0 fully saturated rings. The van der Waals surface area contributed by atoms with E-state index in [9.17, 15) is 5.11 Å². The summed E-state index contributed by atoms with van der Waals surface area (Å²) in [6, 6.07) is 18.5. The van der Waals surface area contributed by atoms with Crippen molar-refractivity contribution in [1.82, 2.24) is 0 Å². The van der Waals surface area contributed by atoms with E-state index in [1.165, 1.54) is 11.1 Å². The lowest BCUT2D eigenvalue weighted by atomic mass is 9.93. The maximum absolute atomic E-state index is 9.18. The molecule has 2 aromatic rings. The van der Waals surface area contributed by atoms with Crippen LogP contribution < -0.4 is 4.74 Å². The van der Waals surface area contributed by atoms with Gasteiger partial charge in [-0.05, 0) is 30.2 Å². The third kappa shape index (κ3) is 3.83. The van der Waals surface area contributed by atoms with Gasteiger partial charge in [0.15, 0.2) is 0 Å². The van der Waals surface area contributed by atoms with Crippen molar-refractivity contribution < 1.29 is 9.84 Å². The Kier molecular flexibility index (Phi) is 4.58. The van der Waals surface area contributed by atoms with Gasteiger partial charge in [0, 0.05) is 5.92 Å². The van der Waals surface area contributed by atoms with Crippen LogP contribution in [0.2, 0.25) is 0 Å². The lowest BCUT2D eigenvalue weighted by Gasteiger charge is -2.13. The molecule has 2 rings (SSSR count). The second-order valence-electron chi connectivity index (χ2n) is 4.86. The van der Waals surface area contributed by atoms with Gasteiger partial charge in [0.05, 0.1) is 6.10 Å². The van der Waals surface area contributed by atoms with Crippen LogP contribution in [0.1, 0.15) is 30.9 Å². The standard InChI is InChI=1S/C17H20O2/c1-13(18)12-19-17-10-8-16(9-11-17)14(2)15-6-4-3-5-7-15/h3-11,13-14,18H,12H2,1-2H3. The molecule has 0 saturated carbocycles. The van der Waals surface area contributed by atoms with E-state index in [-0.39, 0.29) is 0 Å². The maximum atomic E-state index is 9.18. The van der Waals surface area contributed by atoms with Crippen molar-refractivity contribution in [2.75, 3.05) is 6.61 Å². The van der Waals surface area contributed by atoms with Gasteiger partial charge in [-0.25, -0.2) is 0 Å². The molecular formula is C17H20O2.